The van der Waals surface area contributed by atoms with Gasteiger partial charge in [-0.05, 0) is 39.1 Å². The summed E-state index contributed by atoms with van der Waals surface area (Å²) in [6, 6.07) is 7.25. The van der Waals surface area contributed by atoms with Crippen LogP contribution in [0.15, 0.2) is 36.5 Å². The molecule has 0 aliphatic carbocycles. The van der Waals surface area contributed by atoms with E-state index >= 15 is 0 Å². The van der Waals surface area contributed by atoms with Gasteiger partial charge in [0.1, 0.15) is 11.6 Å². The Hall–Kier alpha value is -2.76. The highest BCUT2D eigenvalue weighted by Gasteiger charge is 2.36. The topological polar surface area (TPSA) is 124 Å². The molecule has 4 N–H and O–H groups in total. The third kappa shape index (κ3) is 7.14. The van der Waals surface area contributed by atoms with E-state index in [1.807, 2.05) is 7.05 Å². The first-order valence-electron chi connectivity index (χ1n) is 9.65. The fourth-order valence-electron chi connectivity index (χ4n) is 2.77. The van der Waals surface area contributed by atoms with Crippen molar-refractivity contribution in [1.82, 2.24) is 10.3 Å². The minimum atomic E-state index is -2.94. The van der Waals surface area contributed by atoms with Crippen molar-refractivity contribution in [1.29, 1.82) is 5.41 Å². The Bertz CT molecular complexity index is 980. The van der Waals surface area contributed by atoms with Crippen LogP contribution in [0.2, 0.25) is 0 Å². The highest BCUT2D eigenvalue weighted by atomic mass is 32.2. The molecule has 2 aromatic rings. The summed E-state index contributed by atoms with van der Waals surface area (Å²) in [5.41, 5.74) is 0.934. The molecule has 1 aromatic carbocycles. The molecule has 1 unspecified atom stereocenters. The predicted octanol–water partition coefficient (Wildman–Crippen LogP) is 2.71. The van der Waals surface area contributed by atoms with Crippen LogP contribution < -0.4 is 15.4 Å². The van der Waals surface area contributed by atoms with Gasteiger partial charge in [-0.1, -0.05) is 6.07 Å². The zero-order valence-corrected chi connectivity index (χ0v) is 18.7. The van der Waals surface area contributed by atoms with E-state index < -0.39 is 23.5 Å². The lowest BCUT2D eigenvalue weighted by Gasteiger charge is -2.36. The number of pyridine rings is 1. The van der Waals surface area contributed by atoms with Crippen LogP contribution in [0.5, 0.6) is 5.75 Å². The van der Waals surface area contributed by atoms with Crippen LogP contribution >= 0.6 is 0 Å². The van der Waals surface area contributed by atoms with Gasteiger partial charge >= 0.3 is 6.61 Å². The summed E-state index contributed by atoms with van der Waals surface area (Å²) >= 11 is 0. The lowest BCUT2D eigenvalue weighted by Crippen LogP contribution is -2.58. The van der Waals surface area contributed by atoms with Crippen molar-refractivity contribution >= 4 is 34.3 Å². The number of aliphatic hydroxyl groups excluding tert-OH is 1. The van der Waals surface area contributed by atoms with E-state index in [1.54, 1.807) is 6.07 Å². The standard InChI is InChI=1S/C16H15F2N3O3.C5H11NOS/c1-9(23)14(19)13-5-10(8-22)7-20-15(13)21-11-3-2-4-12(6-11)24-16(17)18;1-5(6-2)3-8(7)4-5/h2-9,16,19,23H,1H3,(H,20,21);6H,3-4H2,1-2H3. The number of hydrogen-bond donors (Lipinski definition) is 4. The van der Waals surface area contributed by atoms with Crippen molar-refractivity contribution in [3.63, 3.8) is 0 Å². The average molecular weight is 469 g/mol. The summed E-state index contributed by atoms with van der Waals surface area (Å²) in [6.45, 7) is 0.565. The van der Waals surface area contributed by atoms with Crippen molar-refractivity contribution in [3.8, 4) is 5.75 Å². The Morgan fingerprint density at radius 3 is 2.56 bits per heavy atom. The van der Waals surface area contributed by atoms with E-state index in [9.17, 15) is 22.9 Å². The number of halogens is 2. The number of carbonyl (C=O) groups excluding carboxylic acids is 1. The molecule has 32 heavy (non-hydrogen) atoms. The zero-order valence-electron chi connectivity index (χ0n) is 17.9. The molecule has 0 spiro atoms. The number of aliphatic hydroxyl groups is 1. The maximum atomic E-state index is 12.3. The predicted molar refractivity (Wildman–Crippen MR) is 120 cm³/mol. The van der Waals surface area contributed by atoms with Gasteiger partial charge < -0.3 is 25.9 Å². The third-order valence-corrected chi connectivity index (χ3v) is 6.56. The first-order chi connectivity index (χ1) is 15.1. The Morgan fingerprint density at radius 1 is 1.38 bits per heavy atom. The second-order valence-corrected chi connectivity index (χ2v) is 8.90. The number of alkyl halides is 2. The number of carbonyl (C=O) groups is 1. The summed E-state index contributed by atoms with van der Waals surface area (Å²) in [5.74, 6) is 1.82. The maximum absolute atomic E-state index is 12.3. The molecular weight excluding hydrogens is 442 g/mol. The van der Waals surface area contributed by atoms with Crippen molar-refractivity contribution in [2.75, 3.05) is 23.9 Å². The van der Waals surface area contributed by atoms with Crippen molar-refractivity contribution in [2.24, 2.45) is 0 Å². The van der Waals surface area contributed by atoms with Gasteiger partial charge in [0.15, 0.2) is 6.29 Å². The van der Waals surface area contributed by atoms with Gasteiger partial charge in [-0.2, -0.15) is 8.78 Å². The monoisotopic (exact) mass is 468 g/mol. The molecule has 1 aliphatic rings. The molecule has 0 radical (unpaired) electrons. The van der Waals surface area contributed by atoms with Gasteiger partial charge in [0.2, 0.25) is 0 Å². The average Bonchev–Trinajstić information content (AvgIpc) is 2.72. The molecule has 1 fully saturated rings. The van der Waals surface area contributed by atoms with Crippen LogP contribution in [0, 0.1) is 5.41 Å². The van der Waals surface area contributed by atoms with Crippen LogP contribution in [0.4, 0.5) is 20.3 Å². The Morgan fingerprint density at radius 2 is 2.06 bits per heavy atom. The quantitative estimate of drug-likeness (QED) is 0.347. The first kappa shape index (κ1) is 25.5. The molecule has 3 rings (SSSR count). The van der Waals surface area contributed by atoms with Crippen molar-refractivity contribution < 1.29 is 27.6 Å². The van der Waals surface area contributed by atoms with Gasteiger partial charge in [-0.3, -0.25) is 9.00 Å². The van der Waals surface area contributed by atoms with Gasteiger partial charge in [-0.15, -0.1) is 0 Å². The van der Waals surface area contributed by atoms with Crippen LogP contribution in [-0.4, -0.2) is 63.1 Å². The van der Waals surface area contributed by atoms with Crippen LogP contribution in [0.3, 0.4) is 0 Å². The number of rotatable bonds is 8. The summed E-state index contributed by atoms with van der Waals surface area (Å²) in [7, 11) is 1.39. The molecule has 174 valence electrons. The normalized spacial score (nSPS) is 20.4. The molecule has 1 aliphatic heterocycles. The first-order valence-corrected chi connectivity index (χ1v) is 11.1. The smallest absolute Gasteiger partial charge is 0.387 e. The SMILES string of the molecule is CC(O)C(=N)c1cc(C=O)cnc1Nc1cccc(OC(F)F)c1.CNC1(C)CS(=O)C1. The molecule has 1 aromatic heterocycles. The minimum Gasteiger partial charge on any atom is -0.435 e. The second kappa shape index (κ2) is 11.2. The minimum absolute atomic E-state index is 0.0355. The number of aromatic nitrogens is 1. The number of nitrogens with zero attached hydrogens (tertiary/aromatic N) is 1. The van der Waals surface area contributed by atoms with Crippen molar-refractivity contribution in [3.05, 3.63) is 47.7 Å². The molecule has 0 bridgehead atoms. The van der Waals surface area contributed by atoms with Gasteiger partial charge in [0.05, 0.1) is 11.8 Å². The zero-order chi connectivity index (χ0) is 23.9. The molecular formula is C21H26F2N4O4S. The summed E-state index contributed by atoms with van der Waals surface area (Å²) in [5, 5.41) is 23.5. The molecule has 1 atom stereocenters. The maximum Gasteiger partial charge on any atom is 0.387 e. The number of benzene rings is 1. The molecule has 1 saturated heterocycles. The fraction of sp³-hybridized carbons (Fsp3) is 0.381. The summed E-state index contributed by atoms with van der Waals surface area (Å²) in [6.07, 6.45) is 0.808. The second-order valence-electron chi connectivity index (χ2n) is 7.44. The van der Waals surface area contributed by atoms with E-state index in [1.165, 1.54) is 37.4 Å². The van der Waals surface area contributed by atoms with E-state index in [0.29, 0.717) is 12.0 Å². The molecule has 0 saturated carbocycles. The van der Waals surface area contributed by atoms with E-state index in [-0.39, 0.29) is 33.9 Å². The summed E-state index contributed by atoms with van der Waals surface area (Å²) < 4.78 is 39.4. The highest BCUT2D eigenvalue weighted by molar-refractivity contribution is 7.86. The van der Waals surface area contributed by atoms with Crippen LogP contribution in [0.1, 0.15) is 29.8 Å². The van der Waals surface area contributed by atoms with Gasteiger partial charge in [0, 0.05) is 56.9 Å². The number of aldehydes is 1. The molecule has 11 heteroatoms. The van der Waals surface area contributed by atoms with E-state index in [0.717, 1.165) is 11.5 Å². The van der Waals surface area contributed by atoms with Gasteiger partial charge in [-0.25, -0.2) is 4.98 Å². The lowest BCUT2D eigenvalue weighted by molar-refractivity contribution is -0.0498. The molecule has 8 nitrogen and oxygen atoms in total. The largest absolute Gasteiger partial charge is 0.435 e. The molecule has 2 heterocycles. The van der Waals surface area contributed by atoms with Crippen LogP contribution in [-0.2, 0) is 10.8 Å². The van der Waals surface area contributed by atoms with Crippen molar-refractivity contribution in [2.45, 2.75) is 32.1 Å². The van der Waals surface area contributed by atoms with E-state index in [2.05, 4.69) is 27.3 Å². The third-order valence-electron chi connectivity index (χ3n) is 4.64. The lowest BCUT2D eigenvalue weighted by atomic mass is 10.1. The van der Waals surface area contributed by atoms with Gasteiger partial charge in [0.25, 0.3) is 0 Å². The molecule has 0 amide bonds. The summed E-state index contributed by atoms with van der Waals surface area (Å²) in [4.78, 5) is 14.9. The Labute approximate surface area is 187 Å². The Kier molecular flexibility index (Phi) is 8.93. The Balaban J connectivity index is 0.000000380. The fourth-order valence-corrected chi connectivity index (χ4v) is 4.40. The van der Waals surface area contributed by atoms with E-state index in [4.69, 9.17) is 5.41 Å². The highest BCUT2D eigenvalue weighted by Crippen LogP contribution is 2.25. The number of anilines is 2. The number of ether oxygens (including phenoxy) is 1. The number of hydrogen-bond acceptors (Lipinski definition) is 8. The number of nitrogens with one attached hydrogen (secondary N) is 3. The van der Waals surface area contributed by atoms with Crippen LogP contribution in [0.25, 0.3) is 0 Å².